The number of carbonyl (C=O) groups is 1. The standard InChI is InChI=1S/C21H42O6Si/c1-6-11-16-24-28(25-17-12-7-2,26-18-13-8-3)19-14-21(23-15-9-4)27-20(22)10-5/h10,21H,5-9,11-19H2,1-4H3. The van der Waals surface area contributed by atoms with Crippen molar-refractivity contribution in [3.63, 3.8) is 0 Å². The van der Waals surface area contributed by atoms with Crippen LogP contribution in [0.25, 0.3) is 0 Å². The van der Waals surface area contributed by atoms with Crippen LogP contribution in [0.2, 0.25) is 6.04 Å². The highest BCUT2D eigenvalue weighted by atomic mass is 28.4. The third-order valence-electron chi connectivity index (χ3n) is 4.07. The lowest BCUT2D eigenvalue weighted by molar-refractivity contribution is -0.174. The molecule has 0 aromatic heterocycles. The van der Waals surface area contributed by atoms with Crippen LogP contribution >= 0.6 is 0 Å². The van der Waals surface area contributed by atoms with Gasteiger partial charge in [-0.3, -0.25) is 0 Å². The minimum absolute atomic E-state index is 0.482. The van der Waals surface area contributed by atoms with E-state index in [9.17, 15) is 4.79 Å². The van der Waals surface area contributed by atoms with E-state index >= 15 is 0 Å². The smallest absolute Gasteiger partial charge is 0.433 e. The van der Waals surface area contributed by atoms with Crippen molar-refractivity contribution in [3.8, 4) is 0 Å². The number of hydrogen-bond acceptors (Lipinski definition) is 6. The molecule has 0 aromatic rings. The molecule has 166 valence electrons. The van der Waals surface area contributed by atoms with Crippen LogP contribution in [0.3, 0.4) is 0 Å². The molecule has 0 saturated carbocycles. The number of esters is 1. The van der Waals surface area contributed by atoms with Crippen LogP contribution in [-0.4, -0.2) is 47.5 Å². The predicted octanol–water partition coefficient (Wildman–Crippen LogP) is 5.25. The molecule has 1 atom stereocenters. The maximum absolute atomic E-state index is 11.6. The molecule has 0 aliphatic carbocycles. The van der Waals surface area contributed by atoms with E-state index in [1.807, 2.05) is 6.92 Å². The van der Waals surface area contributed by atoms with Crippen molar-refractivity contribution in [2.24, 2.45) is 0 Å². The molecular weight excluding hydrogens is 376 g/mol. The van der Waals surface area contributed by atoms with E-state index in [4.69, 9.17) is 22.8 Å². The predicted molar refractivity (Wildman–Crippen MR) is 114 cm³/mol. The first-order chi connectivity index (χ1) is 13.6. The van der Waals surface area contributed by atoms with Crippen LogP contribution < -0.4 is 0 Å². The van der Waals surface area contributed by atoms with Crippen molar-refractivity contribution in [1.29, 1.82) is 0 Å². The normalized spacial score (nSPS) is 12.7. The summed E-state index contributed by atoms with van der Waals surface area (Å²) in [6.07, 6.45) is 7.87. The van der Waals surface area contributed by atoms with E-state index in [0.717, 1.165) is 51.0 Å². The summed E-state index contributed by atoms with van der Waals surface area (Å²) in [6, 6.07) is 0.558. The van der Waals surface area contributed by atoms with Crippen LogP contribution in [0.5, 0.6) is 0 Å². The van der Waals surface area contributed by atoms with Gasteiger partial charge < -0.3 is 22.8 Å². The van der Waals surface area contributed by atoms with Crippen LogP contribution in [0.1, 0.15) is 79.1 Å². The van der Waals surface area contributed by atoms with Gasteiger partial charge in [-0.2, -0.15) is 0 Å². The van der Waals surface area contributed by atoms with Gasteiger partial charge in [-0.15, -0.1) is 0 Å². The molecule has 0 amide bonds. The average Bonchev–Trinajstić information content (AvgIpc) is 2.70. The van der Waals surface area contributed by atoms with Gasteiger partial charge in [0.15, 0.2) is 0 Å². The molecular formula is C21H42O6Si. The fraction of sp³-hybridized carbons (Fsp3) is 0.857. The second kappa shape index (κ2) is 18.3. The fourth-order valence-corrected chi connectivity index (χ4v) is 4.99. The van der Waals surface area contributed by atoms with Gasteiger partial charge in [0.1, 0.15) is 0 Å². The van der Waals surface area contributed by atoms with Crippen molar-refractivity contribution in [3.05, 3.63) is 12.7 Å². The summed E-state index contributed by atoms with van der Waals surface area (Å²) in [7, 11) is -2.87. The molecule has 0 aliphatic heterocycles. The summed E-state index contributed by atoms with van der Waals surface area (Å²) in [5, 5.41) is 0. The monoisotopic (exact) mass is 418 g/mol. The lowest BCUT2D eigenvalue weighted by atomic mass is 10.4. The van der Waals surface area contributed by atoms with Crippen molar-refractivity contribution >= 4 is 14.8 Å². The second-order valence-electron chi connectivity index (χ2n) is 6.77. The van der Waals surface area contributed by atoms with Gasteiger partial charge in [-0.05, 0) is 25.7 Å². The molecule has 0 fully saturated rings. The number of unbranched alkanes of at least 4 members (excludes halogenated alkanes) is 3. The number of rotatable bonds is 20. The third-order valence-corrected chi connectivity index (χ3v) is 6.90. The zero-order chi connectivity index (χ0) is 21.1. The molecule has 0 N–H and O–H groups in total. The Balaban J connectivity index is 5.12. The summed E-state index contributed by atoms with van der Waals surface area (Å²) in [5.41, 5.74) is 0. The fourth-order valence-electron chi connectivity index (χ4n) is 2.36. The Bertz CT molecular complexity index is 365. The molecule has 0 bridgehead atoms. The quantitative estimate of drug-likeness (QED) is 0.0885. The average molecular weight is 419 g/mol. The van der Waals surface area contributed by atoms with E-state index in [2.05, 4.69) is 27.4 Å². The SMILES string of the molecule is C=CC(=O)OC(CC[Si](OCCCC)(OCCCC)OCCCC)OCCC. The lowest BCUT2D eigenvalue weighted by Gasteiger charge is -2.31. The highest BCUT2D eigenvalue weighted by Crippen LogP contribution is 2.23. The van der Waals surface area contributed by atoms with E-state index in [1.54, 1.807) is 0 Å². The van der Waals surface area contributed by atoms with Gasteiger partial charge in [-0.25, -0.2) is 4.79 Å². The molecule has 7 heteroatoms. The molecule has 1 unspecified atom stereocenters. The zero-order valence-electron chi connectivity index (χ0n) is 18.5. The highest BCUT2D eigenvalue weighted by Gasteiger charge is 2.42. The maximum atomic E-state index is 11.6. The van der Waals surface area contributed by atoms with Gasteiger partial charge in [0.2, 0.25) is 6.29 Å². The van der Waals surface area contributed by atoms with E-state index in [-0.39, 0.29) is 0 Å². The molecule has 6 nitrogen and oxygen atoms in total. The Morgan fingerprint density at radius 2 is 1.36 bits per heavy atom. The first kappa shape index (κ1) is 27.3. The Kier molecular flexibility index (Phi) is 17.8. The minimum Gasteiger partial charge on any atom is -0.433 e. The molecule has 0 rings (SSSR count). The van der Waals surface area contributed by atoms with Gasteiger partial charge in [0.25, 0.3) is 0 Å². The van der Waals surface area contributed by atoms with Crippen LogP contribution in [0, 0.1) is 0 Å². The van der Waals surface area contributed by atoms with E-state index in [1.165, 1.54) is 0 Å². The van der Waals surface area contributed by atoms with Crippen LogP contribution in [0.15, 0.2) is 12.7 Å². The van der Waals surface area contributed by atoms with Gasteiger partial charge in [0.05, 0.1) is 6.61 Å². The topological polar surface area (TPSA) is 63.2 Å². The Morgan fingerprint density at radius 1 is 0.857 bits per heavy atom. The van der Waals surface area contributed by atoms with Crippen molar-refractivity contribution in [2.75, 3.05) is 26.4 Å². The summed E-state index contributed by atoms with van der Waals surface area (Å²) in [4.78, 5) is 11.6. The van der Waals surface area contributed by atoms with Crippen LogP contribution in [-0.2, 0) is 27.5 Å². The molecule has 0 spiro atoms. The van der Waals surface area contributed by atoms with Gasteiger partial charge in [0, 0.05) is 38.4 Å². The minimum atomic E-state index is -2.87. The molecule has 0 heterocycles. The Hall–Kier alpha value is -0.733. The summed E-state index contributed by atoms with van der Waals surface area (Å²) in [5.74, 6) is -0.487. The van der Waals surface area contributed by atoms with Crippen LogP contribution in [0.4, 0.5) is 0 Å². The number of hydrogen-bond donors (Lipinski definition) is 0. The molecule has 0 aromatic carbocycles. The van der Waals surface area contributed by atoms with Crippen molar-refractivity contribution in [1.82, 2.24) is 0 Å². The summed E-state index contributed by atoms with van der Waals surface area (Å²) < 4.78 is 29.7. The molecule has 28 heavy (non-hydrogen) atoms. The van der Waals surface area contributed by atoms with E-state index in [0.29, 0.717) is 38.9 Å². The first-order valence-electron chi connectivity index (χ1n) is 10.9. The lowest BCUT2D eigenvalue weighted by Crippen LogP contribution is -2.47. The van der Waals surface area contributed by atoms with Gasteiger partial charge >= 0.3 is 14.8 Å². The molecule has 0 radical (unpaired) electrons. The zero-order valence-corrected chi connectivity index (χ0v) is 19.5. The molecule has 0 aliphatic rings. The Labute approximate surface area is 173 Å². The summed E-state index contributed by atoms with van der Waals surface area (Å²) >= 11 is 0. The number of carbonyl (C=O) groups excluding carboxylic acids is 1. The maximum Gasteiger partial charge on any atom is 0.501 e. The summed E-state index contributed by atoms with van der Waals surface area (Å²) in [6.45, 7) is 14.2. The van der Waals surface area contributed by atoms with E-state index < -0.39 is 21.1 Å². The first-order valence-corrected chi connectivity index (χ1v) is 12.9. The highest BCUT2D eigenvalue weighted by molar-refractivity contribution is 6.60. The van der Waals surface area contributed by atoms with Gasteiger partial charge in [-0.1, -0.05) is 53.5 Å². The Morgan fingerprint density at radius 3 is 1.75 bits per heavy atom. The molecule has 0 saturated heterocycles. The van der Waals surface area contributed by atoms with Crippen molar-refractivity contribution in [2.45, 2.75) is 91.4 Å². The second-order valence-corrected chi connectivity index (χ2v) is 9.50. The number of ether oxygens (including phenoxy) is 2. The largest absolute Gasteiger partial charge is 0.501 e. The third kappa shape index (κ3) is 13.4. The van der Waals surface area contributed by atoms with Crippen molar-refractivity contribution < 1.29 is 27.5 Å².